The van der Waals surface area contributed by atoms with Crippen LogP contribution in [0.15, 0.2) is 22.7 Å². The highest BCUT2D eigenvalue weighted by Gasteiger charge is 2.26. The molecule has 3 heteroatoms. The molecule has 0 aliphatic heterocycles. The number of halogens is 1. The maximum atomic E-state index is 6.47. The number of rotatable bonds is 6. The van der Waals surface area contributed by atoms with Gasteiger partial charge in [0.1, 0.15) is 11.9 Å². The molecular formula is C18H28BrNO. The molecule has 0 spiro atoms. The van der Waals surface area contributed by atoms with Crippen molar-refractivity contribution in [2.24, 2.45) is 5.92 Å². The van der Waals surface area contributed by atoms with E-state index in [-0.39, 0.29) is 0 Å². The van der Waals surface area contributed by atoms with Gasteiger partial charge in [0.25, 0.3) is 0 Å². The summed E-state index contributed by atoms with van der Waals surface area (Å²) in [5, 5.41) is 3.49. The van der Waals surface area contributed by atoms with E-state index in [9.17, 15) is 0 Å². The van der Waals surface area contributed by atoms with E-state index in [0.29, 0.717) is 18.1 Å². The Kier molecular flexibility index (Phi) is 6.56. The predicted molar refractivity (Wildman–Crippen MR) is 92.9 cm³/mol. The van der Waals surface area contributed by atoms with Gasteiger partial charge < -0.3 is 10.1 Å². The van der Waals surface area contributed by atoms with Crippen molar-refractivity contribution in [1.82, 2.24) is 5.32 Å². The van der Waals surface area contributed by atoms with E-state index >= 15 is 0 Å². The molecule has 1 N–H and O–H groups in total. The van der Waals surface area contributed by atoms with Gasteiger partial charge in [-0.2, -0.15) is 0 Å². The predicted octanol–water partition coefficient (Wildman–Crippen LogP) is 5.47. The molecule has 1 aliphatic rings. The minimum atomic E-state index is 0.321. The second-order valence-corrected chi connectivity index (χ2v) is 6.99. The summed E-state index contributed by atoms with van der Waals surface area (Å²) in [6, 6.07) is 6.73. The van der Waals surface area contributed by atoms with E-state index < -0.39 is 0 Å². The zero-order chi connectivity index (χ0) is 15.2. The summed E-state index contributed by atoms with van der Waals surface area (Å²) in [6.45, 7) is 7.61. The Morgan fingerprint density at radius 1 is 1.29 bits per heavy atom. The van der Waals surface area contributed by atoms with Crippen LogP contribution in [0.2, 0.25) is 0 Å². The van der Waals surface area contributed by atoms with Gasteiger partial charge in [-0.1, -0.05) is 42.3 Å². The molecule has 1 saturated carbocycles. The molecule has 0 saturated heterocycles. The van der Waals surface area contributed by atoms with Gasteiger partial charge in [0.2, 0.25) is 0 Å². The fraction of sp³-hybridized carbons (Fsp3) is 0.667. The van der Waals surface area contributed by atoms with E-state index in [1.165, 1.54) is 37.7 Å². The van der Waals surface area contributed by atoms with Gasteiger partial charge in [0, 0.05) is 16.1 Å². The minimum absolute atomic E-state index is 0.321. The quantitative estimate of drug-likeness (QED) is 0.732. The normalized spacial score (nSPS) is 23.8. The third-order valence-electron chi connectivity index (χ3n) is 4.59. The molecule has 0 heterocycles. The van der Waals surface area contributed by atoms with E-state index in [0.717, 1.165) is 16.8 Å². The van der Waals surface area contributed by atoms with Crippen LogP contribution in [-0.2, 0) is 0 Å². The van der Waals surface area contributed by atoms with Gasteiger partial charge in [-0.15, -0.1) is 0 Å². The van der Waals surface area contributed by atoms with Crippen LogP contribution in [0.1, 0.15) is 64.5 Å². The lowest BCUT2D eigenvalue weighted by Gasteiger charge is -2.32. The van der Waals surface area contributed by atoms with E-state index in [2.05, 4.69) is 60.2 Å². The molecular weight excluding hydrogens is 326 g/mol. The molecule has 2 nitrogen and oxygen atoms in total. The lowest BCUT2D eigenvalue weighted by molar-refractivity contribution is 0.0888. The van der Waals surface area contributed by atoms with Gasteiger partial charge in [-0.3, -0.25) is 0 Å². The van der Waals surface area contributed by atoms with E-state index in [1.54, 1.807) is 0 Å². The summed E-state index contributed by atoms with van der Waals surface area (Å²) >= 11 is 3.58. The largest absolute Gasteiger partial charge is 0.490 e. The maximum Gasteiger partial charge on any atom is 0.125 e. The van der Waals surface area contributed by atoms with Gasteiger partial charge in [0.05, 0.1) is 0 Å². The van der Waals surface area contributed by atoms with Crippen LogP contribution in [0.25, 0.3) is 0 Å². The van der Waals surface area contributed by atoms with Crippen molar-refractivity contribution in [1.29, 1.82) is 0 Å². The molecule has 1 fully saturated rings. The Morgan fingerprint density at radius 2 is 2.05 bits per heavy atom. The number of ether oxygens (including phenoxy) is 1. The molecule has 3 atom stereocenters. The van der Waals surface area contributed by atoms with Crippen LogP contribution in [0, 0.1) is 5.92 Å². The summed E-state index contributed by atoms with van der Waals surface area (Å²) in [4.78, 5) is 0. The summed E-state index contributed by atoms with van der Waals surface area (Å²) in [5.74, 6) is 1.75. The first-order valence-corrected chi connectivity index (χ1v) is 9.14. The first kappa shape index (κ1) is 16.8. The fourth-order valence-electron chi connectivity index (χ4n) is 3.34. The molecule has 3 unspecified atom stereocenters. The molecule has 0 radical (unpaired) electrons. The van der Waals surface area contributed by atoms with Crippen LogP contribution in [0.3, 0.4) is 0 Å². The number of hydrogen-bond acceptors (Lipinski definition) is 2. The lowest BCUT2D eigenvalue weighted by atomic mass is 9.84. The van der Waals surface area contributed by atoms with Crippen molar-refractivity contribution in [3.8, 4) is 5.75 Å². The Morgan fingerprint density at radius 3 is 2.76 bits per heavy atom. The first-order chi connectivity index (χ1) is 10.2. The third-order valence-corrected chi connectivity index (χ3v) is 5.09. The SMILES string of the molecule is CCNC(C)c1ccc(Br)cc1OC1CCCCC1CC. The Balaban J connectivity index is 2.19. The molecule has 0 aromatic heterocycles. The number of hydrogen-bond donors (Lipinski definition) is 1. The molecule has 118 valence electrons. The Hall–Kier alpha value is -0.540. The highest BCUT2D eigenvalue weighted by molar-refractivity contribution is 9.10. The number of benzene rings is 1. The summed E-state index contributed by atoms with van der Waals surface area (Å²) < 4.78 is 7.56. The van der Waals surface area contributed by atoms with Crippen molar-refractivity contribution in [2.75, 3.05) is 6.54 Å². The molecule has 1 aromatic rings. The lowest BCUT2D eigenvalue weighted by Crippen LogP contribution is -2.30. The van der Waals surface area contributed by atoms with Gasteiger partial charge >= 0.3 is 0 Å². The van der Waals surface area contributed by atoms with Crippen LogP contribution in [0.4, 0.5) is 0 Å². The molecule has 0 bridgehead atoms. The van der Waals surface area contributed by atoms with Crippen molar-refractivity contribution >= 4 is 15.9 Å². The average molecular weight is 354 g/mol. The summed E-state index contributed by atoms with van der Waals surface area (Å²) in [7, 11) is 0. The molecule has 21 heavy (non-hydrogen) atoms. The minimum Gasteiger partial charge on any atom is -0.490 e. The molecule has 1 aromatic carbocycles. The second-order valence-electron chi connectivity index (χ2n) is 6.07. The fourth-order valence-corrected chi connectivity index (χ4v) is 3.68. The topological polar surface area (TPSA) is 21.3 Å². The summed E-state index contributed by atoms with van der Waals surface area (Å²) in [5.41, 5.74) is 1.26. The molecule has 0 amide bonds. The first-order valence-electron chi connectivity index (χ1n) is 8.35. The van der Waals surface area contributed by atoms with Crippen molar-refractivity contribution in [3.63, 3.8) is 0 Å². The van der Waals surface area contributed by atoms with Crippen LogP contribution < -0.4 is 10.1 Å². The molecule has 2 rings (SSSR count). The number of nitrogens with one attached hydrogen (secondary N) is 1. The van der Waals surface area contributed by atoms with Crippen molar-refractivity contribution in [2.45, 2.75) is 65.0 Å². The zero-order valence-corrected chi connectivity index (χ0v) is 15.1. The standard InChI is InChI=1S/C18H28BrNO/c1-4-14-8-6-7-9-17(14)21-18-12-15(19)10-11-16(18)13(3)20-5-2/h10-14,17,20H,4-9H2,1-3H3. The third kappa shape index (κ3) is 4.46. The van der Waals surface area contributed by atoms with Crippen molar-refractivity contribution in [3.05, 3.63) is 28.2 Å². The highest BCUT2D eigenvalue weighted by Crippen LogP contribution is 2.34. The highest BCUT2D eigenvalue weighted by atomic mass is 79.9. The van der Waals surface area contributed by atoms with Crippen molar-refractivity contribution < 1.29 is 4.74 Å². The second kappa shape index (κ2) is 8.19. The van der Waals surface area contributed by atoms with Gasteiger partial charge in [0.15, 0.2) is 0 Å². The molecule has 1 aliphatic carbocycles. The van der Waals surface area contributed by atoms with Crippen LogP contribution in [0.5, 0.6) is 5.75 Å². The van der Waals surface area contributed by atoms with Crippen LogP contribution >= 0.6 is 15.9 Å². The average Bonchev–Trinajstić information content (AvgIpc) is 2.48. The zero-order valence-electron chi connectivity index (χ0n) is 13.5. The van der Waals surface area contributed by atoms with E-state index in [1.807, 2.05) is 0 Å². The van der Waals surface area contributed by atoms with E-state index in [4.69, 9.17) is 4.74 Å². The monoisotopic (exact) mass is 353 g/mol. The van der Waals surface area contributed by atoms with Crippen LogP contribution in [-0.4, -0.2) is 12.6 Å². The van der Waals surface area contributed by atoms with Gasteiger partial charge in [-0.05, 0) is 57.2 Å². The maximum absolute atomic E-state index is 6.47. The summed E-state index contributed by atoms with van der Waals surface area (Å²) in [6.07, 6.45) is 6.76. The smallest absolute Gasteiger partial charge is 0.125 e. The van der Waals surface area contributed by atoms with Gasteiger partial charge in [-0.25, -0.2) is 0 Å². The Labute approximate surface area is 137 Å². The Bertz CT molecular complexity index is 449.